The van der Waals surface area contributed by atoms with E-state index in [4.69, 9.17) is 4.74 Å². The predicted octanol–water partition coefficient (Wildman–Crippen LogP) is 4.82. The molecule has 5 rings (SSSR count). The summed E-state index contributed by atoms with van der Waals surface area (Å²) in [5.41, 5.74) is 6.62. The summed E-state index contributed by atoms with van der Waals surface area (Å²) in [6, 6.07) is 20.8. The summed E-state index contributed by atoms with van der Waals surface area (Å²) in [4.78, 5) is 22.2. The first kappa shape index (κ1) is 21.5. The molecule has 0 radical (unpaired) electrons. The van der Waals surface area contributed by atoms with Gasteiger partial charge in [0.2, 0.25) is 5.13 Å². The van der Waals surface area contributed by atoms with Crippen molar-refractivity contribution >= 4 is 39.5 Å². The highest BCUT2D eigenvalue weighted by molar-refractivity contribution is 7.14. The molecule has 0 spiro atoms. The van der Waals surface area contributed by atoms with Crippen LogP contribution in [0.1, 0.15) is 12.5 Å². The van der Waals surface area contributed by atoms with Crippen LogP contribution < -0.4 is 15.2 Å². The highest BCUT2D eigenvalue weighted by atomic mass is 32.1. The Morgan fingerprint density at radius 1 is 1.03 bits per heavy atom. The summed E-state index contributed by atoms with van der Waals surface area (Å²) in [7, 11) is 0. The number of amides is 1. The van der Waals surface area contributed by atoms with Crippen molar-refractivity contribution in [3.05, 3.63) is 90.1 Å². The van der Waals surface area contributed by atoms with Gasteiger partial charge in [-0.15, -0.1) is 11.3 Å². The minimum atomic E-state index is -0.380. The molecule has 1 amide bonds. The minimum absolute atomic E-state index is 0.163. The Hall–Kier alpha value is -4.37. The van der Waals surface area contributed by atoms with Crippen molar-refractivity contribution < 1.29 is 9.53 Å². The molecule has 4 aromatic rings. The number of carbonyl (C=O) groups is 1. The molecular formula is C25H20N6O2S. The summed E-state index contributed by atoms with van der Waals surface area (Å²) < 4.78 is 5.65. The zero-order chi connectivity index (χ0) is 23.3. The molecule has 1 aliphatic rings. The van der Waals surface area contributed by atoms with Crippen LogP contribution in [0.2, 0.25) is 0 Å². The van der Waals surface area contributed by atoms with E-state index in [2.05, 4.69) is 25.6 Å². The van der Waals surface area contributed by atoms with Crippen molar-refractivity contribution in [3.8, 4) is 17.0 Å². The third kappa shape index (κ3) is 4.28. The average molecular weight is 469 g/mol. The van der Waals surface area contributed by atoms with E-state index in [9.17, 15) is 4.79 Å². The Bertz CT molecular complexity index is 1370. The lowest BCUT2D eigenvalue weighted by molar-refractivity contribution is -0.112. The number of anilines is 2. The summed E-state index contributed by atoms with van der Waals surface area (Å²) in [6.07, 6.45) is 3.31. The van der Waals surface area contributed by atoms with Crippen molar-refractivity contribution in [3.63, 3.8) is 0 Å². The van der Waals surface area contributed by atoms with Gasteiger partial charge in [0.1, 0.15) is 11.5 Å². The molecule has 0 bridgehead atoms. The number of pyridine rings is 1. The fourth-order valence-electron chi connectivity index (χ4n) is 3.38. The molecule has 0 unspecified atom stereocenters. The molecule has 2 aromatic carbocycles. The number of rotatable bonds is 7. The van der Waals surface area contributed by atoms with Gasteiger partial charge in [-0.2, -0.15) is 15.2 Å². The summed E-state index contributed by atoms with van der Waals surface area (Å²) in [5, 5.41) is 12.7. The van der Waals surface area contributed by atoms with Crippen LogP contribution in [-0.4, -0.2) is 33.9 Å². The number of hydrogen-bond acceptors (Lipinski definition) is 8. The molecule has 1 aliphatic heterocycles. The van der Waals surface area contributed by atoms with Crippen LogP contribution in [0.25, 0.3) is 11.3 Å². The Labute approximate surface area is 200 Å². The maximum atomic E-state index is 13.4. The number of aromatic nitrogens is 2. The molecule has 0 aliphatic carbocycles. The third-order valence-electron chi connectivity index (χ3n) is 4.97. The van der Waals surface area contributed by atoms with E-state index in [1.165, 1.54) is 16.3 Å². The maximum Gasteiger partial charge on any atom is 0.303 e. The third-order valence-corrected chi connectivity index (χ3v) is 5.79. The van der Waals surface area contributed by atoms with Crippen LogP contribution in [-0.2, 0) is 4.79 Å². The van der Waals surface area contributed by atoms with Gasteiger partial charge in [-0.05, 0) is 31.2 Å². The van der Waals surface area contributed by atoms with Gasteiger partial charge in [0.05, 0.1) is 18.0 Å². The fourth-order valence-corrected chi connectivity index (χ4v) is 4.16. The predicted molar refractivity (Wildman–Crippen MR) is 134 cm³/mol. The minimum Gasteiger partial charge on any atom is -0.492 e. The summed E-state index contributed by atoms with van der Waals surface area (Å²) in [5.74, 6) is 0.262. The number of para-hydroxylation sites is 2. The number of carbonyl (C=O) groups excluding carboxylic acids is 1. The Morgan fingerprint density at radius 2 is 1.82 bits per heavy atom. The number of nitrogens with one attached hydrogen (secondary N) is 1. The molecule has 1 N–H and O–H groups in total. The van der Waals surface area contributed by atoms with E-state index >= 15 is 0 Å². The quantitative estimate of drug-likeness (QED) is 0.393. The smallest absolute Gasteiger partial charge is 0.303 e. The second-order valence-electron chi connectivity index (χ2n) is 7.19. The van der Waals surface area contributed by atoms with Crippen LogP contribution in [0.3, 0.4) is 0 Å². The molecular weight excluding hydrogens is 448 g/mol. The normalized spacial score (nSPS) is 14.4. The van der Waals surface area contributed by atoms with Gasteiger partial charge in [-0.3, -0.25) is 15.2 Å². The molecule has 168 valence electrons. The van der Waals surface area contributed by atoms with Crippen molar-refractivity contribution in [2.75, 3.05) is 17.0 Å². The first-order valence-electron chi connectivity index (χ1n) is 10.6. The van der Waals surface area contributed by atoms with Crippen molar-refractivity contribution in [1.29, 1.82) is 0 Å². The van der Waals surface area contributed by atoms with E-state index < -0.39 is 0 Å². The Kier molecular flexibility index (Phi) is 6.09. The first-order valence-corrected chi connectivity index (χ1v) is 11.5. The zero-order valence-corrected chi connectivity index (χ0v) is 19.1. The highest BCUT2D eigenvalue weighted by Gasteiger charge is 2.36. The van der Waals surface area contributed by atoms with E-state index in [0.29, 0.717) is 34.5 Å². The molecule has 34 heavy (non-hydrogen) atoms. The lowest BCUT2D eigenvalue weighted by Gasteiger charge is -2.10. The van der Waals surface area contributed by atoms with Gasteiger partial charge < -0.3 is 4.74 Å². The number of benzene rings is 2. The van der Waals surface area contributed by atoms with Gasteiger partial charge in [0.15, 0.2) is 5.71 Å². The second kappa shape index (κ2) is 9.63. The van der Waals surface area contributed by atoms with Gasteiger partial charge in [-0.1, -0.05) is 42.5 Å². The number of nitrogens with zero attached hydrogens (tertiary/aromatic N) is 5. The van der Waals surface area contributed by atoms with Crippen molar-refractivity contribution in [1.82, 2.24) is 9.97 Å². The van der Waals surface area contributed by atoms with Crippen molar-refractivity contribution in [2.45, 2.75) is 6.92 Å². The van der Waals surface area contributed by atoms with E-state index in [0.717, 1.165) is 11.3 Å². The molecule has 8 nitrogen and oxygen atoms in total. The Morgan fingerprint density at radius 3 is 2.62 bits per heavy atom. The highest BCUT2D eigenvalue weighted by Crippen LogP contribution is 2.30. The van der Waals surface area contributed by atoms with Crippen LogP contribution in [0.15, 0.2) is 94.7 Å². The van der Waals surface area contributed by atoms with E-state index in [-0.39, 0.29) is 11.6 Å². The molecule has 9 heteroatoms. The molecule has 0 fully saturated rings. The van der Waals surface area contributed by atoms with Gasteiger partial charge in [0, 0.05) is 28.9 Å². The monoisotopic (exact) mass is 468 g/mol. The first-order chi connectivity index (χ1) is 16.7. The number of thiazole rings is 1. The summed E-state index contributed by atoms with van der Waals surface area (Å²) >= 11 is 1.34. The SMILES string of the molecule is CCOc1ccccc1N/N=C1\C(=O)N(c2nc(-c3ccccc3)cs2)N=C1c1cccnc1. The fraction of sp³-hybridized carbons (Fsp3) is 0.0800. The van der Waals surface area contributed by atoms with Gasteiger partial charge >= 0.3 is 5.91 Å². The lowest BCUT2D eigenvalue weighted by Crippen LogP contribution is -2.28. The number of ether oxygens (including phenoxy) is 1. The Balaban J connectivity index is 1.50. The van der Waals surface area contributed by atoms with E-state index in [1.54, 1.807) is 18.5 Å². The van der Waals surface area contributed by atoms with E-state index in [1.807, 2.05) is 73.0 Å². The van der Waals surface area contributed by atoms with Crippen LogP contribution in [0.5, 0.6) is 5.75 Å². The maximum absolute atomic E-state index is 13.4. The summed E-state index contributed by atoms with van der Waals surface area (Å²) in [6.45, 7) is 2.42. The van der Waals surface area contributed by atoms with Gasteiger partial charge in [0.25, 0.3) is 0 Å². The standard InChI is InChI=1S/C25H20N6O2S/c1-2-33-21-13-7-6-12-19(21)28-29-23-22(18-11-8-14-26-15-18)30-31(24(23)32)25-27-20(16-34-25)17-9-4-3-5-10-17/h3-16,28H,2H2,1H3/b29-23-. The van der Waals surface area contributed by atoms with Gasteiger partial charge in [-0.25, -0.2) is 4.98 Å². The lowest BCUT2D eigenvalue weighted by atomic mass is 10.1. The number of hydrogen-bond donors (Lipinski definition) is 1. The zero-order valence-electron chi connectivity index (χ0n) is 18.3. The van der Waals surface area contributed by atoms with Crippen LogP contribution in [0.4, 0.5) is 10.8 Å². The molecule has 3 heterocycles. The topological polar surface area (TPSA) is 92.1 Å². The average Bonchev–Trinajstić information content (AvgIpc) is 3.50. The molecule has 2 aromatic heterocycles. The molecule has 0 saturated carbocycles. The van der Waals surface area contributed by atoms with Crippen LogP contribution >= 0.6 is 11.3 Å². The van der Waals surface area contributed by atoms with Crippen molar-refractivity contribution in [2.24, 2.45) is 10.2 Å². The largest absolute Gasteiger partial charge is 0.492 e. The molecule has 0 atom stereocenters. The number of hydrazone groups is 2. The molecule has 0 saturated heterocycles. The van der Waals surface area contributed by atoms with Crippen LogP contribution in [0, 0.1) is 0 Å². The second-order valence-corrected chi connectivity index (χ2v) is 8.03.